The zero-order valence-electron chi connectivity index (χ0n) is 13.4. The fourth-order valence-corrected chi connectivity index (χ4v) is 4.82. The van der Waals surface area contributed by atoms with Crippen LogP contribution >= 0.6 is 0 Å². The lowest BCUT2D eigenvalue weighted by atomic mass is 10.0. The van der Waals surface area contributed by atoms with Gasteiger partial charge in [-0.2, -0.15) is 0 Å². The van der Waals surface area contributed by atoms with Gasteiger partial charge < -0.3 is 10.1 Å². The molecule has 1 fully saturated rings. The van der Waals surface area contributed by atoms with Gasteiger partial charge in [0.1, 0.15) is 10.6 Å². The first-order valence-corrected chi connectivity index (χ1v) is 10.6. The smallest absolute Gasteiger partial charge is 0.244 e. The molecule has 0 aromatic heterocycles. The van der Waals surface area contributed by atoms with E-state index in [1.807, 2.05) is 6.92 Å². The molecule has 7 nitrogen and oxygen atoms in total. The Labute approximate surface area is 137 Å². The molecule has 2 N–H and O–H groups in total. The number of piperidine rings is 1. The summed E-state index contributed by atoms with van der Waals surface area (Å²) >= 11 is 0. The van der Waals surface area contributed by atoms with Crippen molar-refractivity contribution in [2.75, 3.05) is 19.9 Å². The van der Waals surface area contributed by atoms with E-state index in [-0.39, 0.29) is 27.6 Å². The van der Waals surface area contributed by atoms with Crippen molar-refractivity contribution in [3.8, 4) is 5.75 Å². The van der Waals surface area contributed by atoms with Crippen LogP contribution in [-0.4, -0.2) is 48.8 Å². The number of hydrogen-bond donors (Lipinski definition) is 2. The summed E-state index contributed by atoms with van der Waals surface area (Å²) < 4.78 is 56.4. The Morgan fingerprint density at radius 2 is 1.96 bits per heavy atom. The summed E-state index contributed by atoms with van der Waals surface area (Å²) in [5, 5.41) is 3.25. The maximum Gasteiger partial charge on any atom is 0.244 e. The Kier molecular flexibility index (Phi) is 5.34. The van der Waals surface area contributed by atoms with Gasteiger partial charge in [0.25, 0.3) is 0 Å². The first-order chi connectivity index (χ1) is 10.6. The van der Waals surface area contributed by atoms with Gasteiger partial charge >= 0.3 is 0 Å². The molecular formula is C14H22N2O5S2. The maximum atomic E-state index is 12.7. The van der Waals surface area contributed by atoms with Gasteiger partial charge in [-0.15, -0.1) is 0 Å². The molecule has 0 radical (unpaired) electrons. The van der Waals surface area contributed by atoms with E-state index in [4.69, 9.17) is 4.74 Å². The predicted molar refractivity (Wildman–Crippen MR) is 86.9 cm³/mol. The second-order valence-corrected chi connectivity index (χ2v) is 9.48. The van der Waals surface area contributed by atoms with E-state index >= 15 is 0 Å². The molecule has 1 saturated heterocycles. The molecule has 0 bridgehead atoms. The zero-order valence-corrected chi connectivity index (χ0v) is 15.0. The topological polar surface area (TPSA) is 102 Å². The summed E-state index contributed by atoms with van der Waals surface area (Å²) in [7, 11) is -6.04. The van der Waals surface area contributed by atoms with Crippen molar-refractivity contribution >= 4 is 19.9 Å². The molecular weight excluding hydrogens is 340 g/mol. The van der Waals surface area contributed by atoms with Crippen LogP contribution in [0.25, 0.3) is 0 Å². The molecule has 2 rings (SSSR count). The van der Waals surface area contributed by atoms with Gasteiger partial charge in [0, 0.05) is 18.3 Å². The third-order valence-electron chi connectivity index (χ3n) is 3.80. The molecule has 130 valence electrons. The molecule has 1 aromatic rings. The third kappa shape index (κ3) is 4.43. The Morgan fingerprint density at radius 1 is 1.26 bits per heavy atom. The van der Waals surface area contributed by atoms with Gasteiger partial charge in [0.05, 0.1) is 12.0 Å². The molecule has 0 aliphatic carbocycles. The number of ether oxygens (including phenoxy) is 1. The minimum absolute atomic E-state index is 0.0580. The van der Waals surface area contributed by atoms with Gasteiger partial charge in [0.15, 0.2) is 9.84 Å². The van der Waals surface area contributed by atoms with E-state index in [1.165, 1.54) is 19.2 Å². The third-order valence-corrected chi connectivity index (χ3v) is 6.45. The highest BCUT2D eigenvalue weighted by Crippen LogP contribution is 2.27. The number of methoxy groups -OCH3 is 1. The second-order valence-electron chi connectivity index (χ2n) is 5.78. The Morgan fingerprint density at radius 3 is 2.52 bits per heavy atom. The van der Waals surface area contributed by atoms with E-state index in [2.05, 4.69) is 10.0 Å². The van der Waals surface area contributed by atoms with Crippen LogP contribution in [-0.2, 0) is 19.9 Å². The molecule has 1 heterocycles. The van der Waals surface area contributed by atoms with E-state index in [0.717, 1.165) is 18.9 Å². The van der Waals surface area contributed by atoms with E-state index in [1.54, 1.807) is 0 Å². The quantitative estimate of drug-likeness (QED) is 0.792. The number of sulfonamides is 1. The molecule has 0 spiro atoms. The first kappa shape index (κ1) is 18.2. The van der Waals surface area contributed by atoms with Gasteiger partial charge in [-0.25, -0.2) is 21.6 Å². The highest BCUT2D eigenvalue weighted by Gasteiger charge is 2.27. The monoisotopic (exact) mass is 362 g/mol. The van der Waals surface area contributed by atoms with Crippen LogP contribution in [0.4, 0.5) is 0 Å². The van der Waals surface area contributed by atoms with Crippen LogP contribution in [0.5, 0.6) is 5.75 Å². The van der Waals surface area contributed by atoms with Crippen molar-refractivity contribution in [2.45, 2.75) is 41.6 Å². The lowest BCUT2D eigenvalue weighted by Crippen LogP contribution is -2.46. The lowest BCUT2D eigenvalue weighted by Gasteiger charge is -2.28. The number of sulfone groups is 1. The van der Waals surface area contributed by atoms with Crippen molar-refractivity contribution in [2.24, 2.45) is 0 Å². The van der Waals surface area contributed by atoms with Crippen LogP contribution in [0, 0.1) is 0 Å². The molecule has 0 saturated carbocycles. The maximum absolute atomic E-state index is 12.7. The number of hydrogen-bond acceptors (Lipinski definition) is 6. The fourth-order valence-electron chi connectivity index (χ4n) is 2.62. The standard InChI is InChI=1S/C14H22N2O5S2/c1-10-8-11(6-7-15-10)16-23(19,20)14-9-12(22(3,17)18)4-5-13(14)21-2/h4-5,9-11,15-16H,6-8H2,1-3H3. The highest BCUT2D eigenvalue weighted by atomic mass is 32.2. The van der Waals surface area contributed by atoms with Gasteiger partial charge in [-0.1, -0.05) is 0 Å². The highest BCUT2D eigenvalue weighted by molar-refractivity contribution is 7.91. The van der Waals surface area contributed by atoms with Crippen molar-refractivity contribution in [3.05, 3.63) is 18.2 Å². The van der Waals surface area contributed by atoms with Crippen molar-refractivity contribution in [3.63, 3.8) is 0 Å². The summed E-state index contributed by atoms with van der Waals surface area (Å²) in [4.78, 5) is -0.216. The van der Waals surface area contributed by atoms with Crippen LogP contribution in [0.15, 0.2) is 28.0 Å². The first-order valence-electron chi connectivity index (χ1n) is 7.27. The van der Waals surface area contributed by atoms with Gasteiger partial charge in [0.2, 0.25) is 10.0 Å². The van der Waals surface area contributed by atoms with Crippen LogP contribution < -0.4 is 14.8 Å². The summed E-state index contributed by atoms with van der Waals surface area (Å²) in [6.45, 7) is 2.72. The zero-order chi connectivity index (χ0) is 17.3. The molecule has 1 aliphatic heterocycles. The van der Waals surface area contributed by atoms with Crippen LogP contribution in [0.3, 0.4) is 0 Å². The molecule has 0 amide bonds. The van der Waals surface area contributed by atoms with Crippen molar-refractivity contribution < 1.29 is 21.6 Å². The number of nitrogens with one attached hydrogen (secondary N) is 2. The molecule has 2 unspecified atom stereocenters. The fraction of sp³-hybridized carbons (Fsp3) is 0.571. The van der Waals surface area contributed by atoms with Crippen molar-refractivity contribution in [1.82, 2.24) is 10.0 Å². The Hall–Kier alpha value is -1.16. The second kappa shape index (κ2) is 6.76. The van der Waals surface area contributed by atoms with Gasteiger partial charge in [-0.3, -0.25) is 0 Å². The Balaban J connectivity index is 2.37. The number of rotatable bonds is 5. The molecule has 2 atom stereocenters. The van der Waals surface area contributed by atoms with E-state index in [9.17, 15) is 16.8 Å². The minimum Gasteiger partial charge on any atom is -0.495 e. The Bertz CT molecular complexity index is 774. The van der Waals surface area contributed by atoms with E-state index < -0.39 is 19.9 Å². The number of benzene rings is 1. The lowest BCUT2D eigenvalue weighted by molar-refractivity contribution is 0.360. The minimum atomic E-state index is -3.88. The summed E-state index contributed by atoms with van der Waals surface area (Å²) in [6.07, 6.45) is 2.39. The largest absolute Gasteiger partial charge is 0.495 e. The molecule has 1 aromatic carbocycles. The van der Waals surface area contributed by atoms with Crippen molar-refractivity contribution in [1.29, 1.82) is 0 Å². The average Bonchev–Trinajstić information content (AvgIpc) is 2.45. The summed E-state index contributed by atoms with van der Waals surface area (Å²) in [5.74, 6) is 0.117. The molecule has 9 heteroatoms. The summed E-state index contributed by atoms with van der Waals surface area (Å²) in [6, 6.07) is 3.86. The van der Waals surface area contributed by atoms with Crippen LogP contribution in [0.1, 0.15) is 19.8 Å². The molecule has 1 aliphatic rings. The van der Waals surface area contributed by atoms with Gasteiger partial charge in [-0.05, 0) is 44.5 Å². The van der Waals surface area contributed by atoms with E-state index in [0.29, 0.717) is 12.8 Å². The van der Waals surface area contributed by atoms with Crippen LogP contribution in [0.2, 0.25) is 0 Å². The average molecular weight is 362 g/mol. The molecule has 23 heavy (non-hydrogen) atoms. The summed E-state index contributed by atoms with van der Waals surface area (Å²) in [5.41, 5.74) is 0. The normalized spacial score (nSPS) is 22.7. The SMILES string of the molecule is COc1ccc(S(C)(=O)=O)cc1S(=O)(=O)NC1CCNC(C)C1. The predicted octanol–water partition coefficient (Wildman–Crippen LogP) is 0.517.